The van der Waals surface area contributed by atoms with Crippen molar-refractivity contribution in [1.29, 1.82) is 0 Å². The third-order valence-corrected chi connectivity index (χ3v) is 4.52. The van der Waals surface area contributed by atoms with E-state index in [0.29, 0.717) is 62.4 Å². The van der Waals surface area contributed by atoms with Gasteiger partial charge in [0.05, 0.1) is 19.4 Å². The fourth-order valence-corrected chi connectivity index (χ4v) is 2.94. The Hall–Kier alpha value is -2.51. The van der Waals surface area contributed by atoms with Crippen LogP contribution >= 0.6 is 11.6 Å². The highest BCUT2D eigenvalue weighted by atomic mass is 35.5. The maximum absolute atomic E-state index is 12.2. The fourth-order valence-electron chi connectivity index (χ4n) is 2.81. The first-order valence-electron chi connectivity index (χ1n) is 8.82. The Morgan fingerprint density at radius 3 is 2.52 bits per heavy atom. The molecule has 1 saturated heterocycles. The minimum absolute atomic E-state index is 0.0551. The highest BCUT2D eigenvalue weighted by molar-refractivity contribution is 6.30. The zero-order chi connectivity index (χ0) is 19.1. The maximum atomic E-state index is 12.2. The summed E-state index contributed by atoms with van der Waals surface area (Å²) in [5, 5.41) is 3.50. The van der Waals surface area contributed by atoms with Crippen LogP contribution in [0, 0.1) is 0 Å². The van der Waals surface area contributed by atoms with Crippen LogP contribution in [0.3, 0.4) is 0 Å². The molecule has 1 fully saturated rings. The second kappa shape index (κ2) is 9.43. The number of ether oxygens (including phenoxy) is 1. The van der Waals surface area contributed by atoms with Crippen molar-refractivity contribution >= 4 is 23.4 Å². The topological polar surface area (TPSA) is 75.0 Å². The van der Waals surface area contributed by atoms with Gasteiger partial charge in [-0.25, -0.2) is 0 Å². The molecule has 27 heavy (non-hydrogen) atoms. The number of nitrogens with zero attached hydrogens (tertiary/aromatic N) is 2. The van der Waals surface area contributed by atoms with Crippen molar-refractivity contribution in [3.8, 4) is 5.75 Å². The number of halogens is 1. The van der Waals surface area contributed by atoms with Gasteiger partial charge in [-0.1, -0.05) is 11.6 Å². The number of piperazine rings is 1. The van der Waals surface area contributed by atoms with Crippen LogP contribution in [-0.4, -0.2) is 67.5 Å². The molecule has 2 heterocycles. The second-order valence-corrected chi connectivity index (χ2v) is 6.63. The van der Waals surface area contributed by atoms with Crippen molar-refractivity contribution in [3.63, 3.8) is 0 Å². The lowest BCUT2D eigenvalue weighted by atomic mass is 10.3. The summed E-state index contributed by atoms with van der Waals surface area (Å²) in [5.74, 6) is 0.900. The van der Waals surface area contributed by atoms with Crippen LogP contribution < -0.4 is 10.1 Å². The van der Waals surface area contributed by atoms with Crippen molar-refractivity contribution < 1.29 is 18.7 Å². The molecular weight excluding hydrogens is 370 g/mol. The highest BCUT2D eigenvalue weighted by Crippen LogP contribution is 2.15. The first kappa shape index (κ1) is 19.3. The summed E-state index contributed by atoms with van der Waals surface area (Å²) in [7, 11) is 0. The van der Waals surface area contributed by atoms with E-state index >= 15 is 0 Å². The molecule has 0 bridgehead atoms. The van der Waals surface area contributed by atoms with Crippen molar-refractivity contribution in [1.82, 2.24) is 15.1 Å². The number of carbonyl (C=O) groups is 2. The van der Waals surface area contributed by atoms with Gasteiger partial charge in [0.1, 0.15) is 12.4 Å². The van der Waals surface area contributed by atoms with Crippen LogP contribution in [0.5, 0.6) is 5.75 Å². The van der Waals surface area contributed by atoms with Gasteiger partial charge in [-0.15, -0.1) is 0 Å². The standard InChI is InChI=1S/C19H22ClN3O4/c20-15-3-5-16(6-4-15)26-13-7-21-18(24)14-22-8-10-23(11-9-22)19(25)17-2-1-12-27-17/h1-6,12H,7-11,13-14H2,(H,21,24). The number of carbonyl (C=O) groups excluding carboxylic acids is 2. The molecule has 1 aliphatic heterocycles. The van der Waals surface area contributed by atoms with Crippen LogP contribution in [-0.2, 0) is 4.79 Å². The van der Waals surface area contributed by atoms with E-state index in [1.165, 1.54) is 6.26 Å². The average Bonchev–Trinajstić information content (AvgIpc) is 3.21. The first-order valence-corrected chi connectivity index (χ1v) is 9.20. The van der Waals surface area contributed by atoms with Crippen LogP contribution in [0.25, 0.3) is 0 Å². The molecule has 2 aromatic rings. The smallest absolute Gasteiger partial charge is 0.289 e. The van der Waals surface area contributed by atoms with Gasteiger partial charge < -0.3 is 19.4 Å². The van der Waals surface area contributed by atoms with Gasteiger partial charge in [-0.2, -0.15) is 0 Å². The number of amides is 2. The van der Waals surface area contributed by atoms with Crippen LogP contribution in [0.15, 0.2) is 47.1 Å². The lowest BCUT2D eigenvalue weighted by Crippen LogP contribution is -2.51. The fraction of sp³-hybridized carbons (Fsp3) is 0.368. The van der Waals surface area contributed by atoms with Gasteiger partial charge in [0.25, 0.3) is 5.91 Å². The summed E-state index contributed by atoms with van der Waals surface area (Å²) < 4.78 is 10.7. The summed E-state index contributed by atoms with van der Waals surface area (Å²) >= 11 is 5.82. The molecule has 0 unspecified atom stereocenters. The maximum Gasteiger partial charge on any atom is 0.289 e. The Balaban J connectivity index is 1.31. The van der Waals surface area contributed by atoms with Crippen molar-refractivity contribution in [3.05, 3.63) is 53.4 Å². The SMILES string of the molecule is O=C(CN1CCN(C(=O)c2ccco2)CC1)NCCOc1ccc(Cl)cc1. The number of hydrogen-bond donors (Lipinski definition) is 1. The molecule has 1 aliphatic rings. The quantitative estimate of drug-likeness (QED) is 0.729. The van der Waals surface area contributed by atoms with E-state index in [-0.39, 0.29) is 11.8 Å². The minimum atomic E-state index is -0.108. The second-order valence-electron chi connectivity index (χ2n) is 6.20. The summed E-state index contributed by atoms with van der Waals surface area (Å²) in [6.45, 7) is 3.59. The molecule has 0 radical (unpaired) electrons. The number of rotatable bonds is 7. The molecule has 144 valence electrons. The molecule has 0 atom stereocenters. The van der Waals surface area contributed by atoms with Gasteiger partial charge in [0.15, 0.2) is 5.76 Å². The molecule has 1 aromatic heterocycles. The van der Waals surface area contributed by atoms with Gasteiger partial charge >= 0.3 is 0 Å². The molecule has 8 heteroatoms. The van der Waals surface area contributed by atoms with E-state index in [4.69, 9.17) is 20.8 Å². The van der Waals surface area contributed by atoms with Crippen molar-refractivity contribution in [2.75, 3.05) is 45.9 Å². The van der Waals surface area contributed by atoms with Gasteiger partial charge in [-0.05, 0) is 36.4 Å². The molecule has 1 N–H and O–H groups in total. The number of hydrogen-bond acceptors (Lipinski definition) is 5. The van der Waals surface area contributed by atoms with Gasteiger partial charge in [-0.3, -0.25) is 14.5 Å². The van der Waals surface area contributed by atoms with Crippen molar-refractivity contribution in [2.24, 2.45) is 0 Å². The summed E-state index contributed by atoms with van der Waals surface area (Å²) in [6.07, 6.45) is 1.49. The molecular formula is C19H22ClN3O4. The van der Waals surface area contributed by atoms with Crippen LogP contribution in [0.2, 0.25) is 5.02 Å². The highest BCUT2D eigenvalue weighted by Gasteiger charge is 2.24. The Kier molecular flexibility index (Phi) is 6.73. The molecule has 2 amide bonds. The van der Waals surface area contributed by atoms with E-state index in [1.54, 1.807) is 41.3 Å². The Bertz CT molecular complexity index is 741. The van der Waals surface area contributed by atoms with Crippen LogP contribution in [0.4, 0.5) is 0 Å². The lowest BCUT2D eigenvalue weighted by molar-refractivity contribution is -0.122. The molecule has 0 aliphatic carbocycles. The molecule has 0 saturated carbocycles. The van der Waals surface area contributed by atoms with Crippen molar-refractivity contribution in [2.45, 2.75) is 0 Å². The lowest BCUT2D eigenvalue weighted by Gasteiger charge is -2.33. The summed E-state index contributed by atoms with van der Waals surface area (Å²) in [4.78, 5) is 28.0. The van der Waals surface area contributed by atoms with Gasteiger partial charge in [0.2, 0.25) is 5.91 Å². The Morgan fingerprint density at radius 1 is 1.11 bits per heavy atom. The van der Waals surface area contributed by atoms with Gasteiger partial charge in [0, 0.05) is 31.2 Å². The van der Waals surface area contributed by atoms with E-state index in [9.17, 15) is 9.59 Å². The van der Waals surface area contributed by atoms with Crippen LogP contribution in [0.1, 0.15) is 10.6 Å². The van der Waals surface area contributed by atoms with E-state index < -0.39 is 0 Å². The Morgan fingerprint density at radius 2 is 1.85 bits per heavy atom. The predicted octanol–water partition coefficient (Wildman–Crippen LogP) is 1.89. The molecule has 1 aromatic carbocycles. The Labute approximate surface area is 162 Å². The summed E-state index contributed by atoms with van der Waals surface area (Å²) in [6, 6.07) is 10.4. The molecule has 0 spiro atoms. The zero-order valence-corrected chi connectivity index (χ0v) is 15.7. The minimum Gasteiger partial charge on any atom is -0.492 e. The van der Waals surface area contributed by atoms with E-state index in [1.807, 2.05) is 4.90 Å². The zero-order valence-electron chi connectivity index (χ0n) is 14.9. The summed E-state index contributed by atoms with van der Waals surface area (Å²) in [5.41, 5.74) is 0. The number of furan rings is 1. The number of benzene rings is 1. The monoisotopic (exact) mass is 391 g/mol. The molecule has 3 rings (SSSR count). The normalized spacial score (nSPS) is 14.8. The first-order chi connectivity index (χ1) is 13.1. The van der Waals surface area contributed by atoms with E-state index in [0.717, 1.165) is 0 Å². The largest absolute Gasteiger partial charge is 0.492 e. The number of nitrogens with one attached hydrogen (secondary N) is 1. The molecule has 7 nitrogen and oxygen atoms in total. The van der Waals surface area contributed by atoms with E-state index in [2.05, 4.69) is 5.32 Å². The third-order valence-electron chi connectivity index (χ3n) is 4.27. The predicted molar refractivity (Wildman–Crippen MR) is 101 cm³/mol. The average molecular weight is 392 g/mol. The third kappa shape index (κ3) is 5.74.